The molecule has 1 N–H and O–H groups in total. The molecule has 25 heavy (non-hydrogen) atoms. The van der Waals surface area contributed by atoms with Crippen molar-refractivity contribution >= 4 is 27.3 Å². The lowest BCUT2D eigenvalue weighted by Crippen LogP contribution is -2.21. The van der Waals surface area contributed by atoms with E-state index in [-0.39, 0.29) is 17.0 Å². The zero-order chi connectivity index (χ0) is 17.1. The van der Waals surface area contributed by atoms with E-state index in [4.69, 9.17) is 0 Å². The van der Waals surface area contributed by atoms with Crippen LogP contribution in [0.15, 0.2) is 40.3 Å². The topological polar surface area (TPSA) is 80.1 Å². The molecule has 0 bridgehead atoms. The Labute approximate surface area is 143 Å². The van der Waals surface area contributed by atoms with E-state index in [1.807, 2.05) is 0 Å². The maximum atomic E-state index is 14.6. The third kappa shape index (κ3) is 2.07. The molecule has 1 saturated carbocycles. The summed E-state index contributed by atoms with van der Waals surface area (Å²) in [4.78, 5) is 33.1. The maximum Gasteiger partial charge on any atom is 0.271 e. The first-order valence-corrected chi connectivity index (χ1v) is 8.63. The number of aromatic amines is 1. The highest BCUT2D eigenvalue weighted by Crippen LogP contribution is 2.45. The first-order valence-electron chi connectivity index (χ1n) is 7.81. The minimum Gasteiger partial charge on any atom is -0.277 e. The minimum atomic E-state index is -0.617. The number of nitrogens with one attached hydrogen (secondary N) is 1. The van der Waals surface area contributed by atoms with Gasteiger partial charge in [-0.2, -0.15) is 0 Å². The molecule has 4 aromatic heterocycles. The van der Waals surface area contributed by atoms with E-state index in [2.05, 4.69) is 14.3 Å². The lowest BCUT2D eigenvalue weighted by Gasteiger charge is -2.10. The van der Waals surface area contributed by atoms with Crippen LogP contribution in [0.2, 0.25) is 0 Å². The van der Waals surface area contributed by atoms with Crippen molar-refractivity contribution in [2.45, 2.75) is 18.8 Å². The van der Waals surface area contributed by atoms with Gasteiger partial charge in [0.1, 0.15) is 16.7 Å². The van der Waals surface area contributed by atoms with Crippen molar-refractivity contribution in [1.82, 2.24) is 18.7 Å². The van der Waals surface area contributed by atoms with Crippen LogP contribution < -0.4 is 11.1 Å². The fourth-order valence-electron chi connectivity index (χ4n) is 3.15. The molecule has 1 aliphatic rings. The van der Waals surface area contributed by atoms with E-state index in [1.165, 1.54) is 0 Å². The van der Waals surface area contributed by atoms with Crippen LogP contribution in [-0.2, 0) is 0 Å². The Morgan fingerprint density at radius 3 is 2.72 bits per heavy atom. The fourth-order valence-corrected chi connectivity index (χ4v) is 4.10. The van der Waals surface area contributed by atoms with Gasteiger partial charge in [-0.15, -0.1) is 0 Å². The van der Waals surface area contributed by atoms with Crippen LogP contribution in [0.4, 0.5) is 4.39 Å². The van der Waals surface area contributed by atoms with E-state index in [0.29, 0.717) is 15.9 Å². The normalized spacial score (nSPS) is 14.4. The first-order chi connectivity index (χ1) is 12.1. The van der Waals surface area contributed by atoms with Gasteiger partial charge in [0, 0.05) is 23.5 Å². The van der Waals surface area contributed by atoms with E-state index in [1.54, 1.807) is 24.5 Å². The predicted octanol–water partition coefficient (Wildman–Crippen LogP) is 2.68. The minimum absolute atomic E-state index is 0.0854. The van der Waals surface area contributed by atoms with Gasteiger partial charge in [-0.3, -0.25) is 23.3 Å². The Kier molecular flexibility index (Phi) is 2.93. The van der Waals surface area contributed by atoms with Crippen molar-refractivity contribution in [3.8, 4) is 11.3 Å². The summed E-state index contributed by atoms with van der Waals surface area (Å²) in [5, 5.41) is 0.0854. The highest BCUT2D eigenvalue weighted by Gasteiger charge is 2.31. The van der Waals surface area contributed by atoms with E-state index in [9.17, 15) is 14.0 Å². The summed E-state index contributed by atoms with van der Waals surface area (Å²) in [5.41, 5.74) is 1.07. The molecule has 124 valence electrons. The van der Waals surface area contributed by atoms with Crippen molar-refractivity contribution in [3.05, 3.63) is 62.8 Å². The van der Waals surface area contributed by atoms with Crippen LogP contribution in [0.25, 0.3) is 27.0 Å². The number of halogens is 1. The average molecular weight is 354 g/mol. The van der Waals surface area contributed by atoms with Gasteiger partial charge in [-0.1, -0.05) is 11.5 Å². The Bertz CT molecular complexity index is 1260. The molecule has 0 spiro atoms. The fraction of sp³-hybridized carbons (Fsp3) is 0.176. The van der Waals surface area contributed by atoms with E-state index < -0.39 is 16.9 Å². The van der Waals surface area contributed by atoms with Gasteiger partial charge in [-0.05, 0) is 30.9 Å². The number of hydrogen-bond donors (Lipinski definition) is 1. The SMILES string of the molecule is O=c1[nH]sc2c(C3CC3)c3nc(-c4ccncc4)c(F)cn3c(=O)c12. The Morgan fingerprint density at radius 1 is 1.24 bits per heavy atom. The van der Waals surface area contributed by atoms with Gasteiger partial charge in [0.15, 0.2) is 5.82 Å². The first kappa shape index (κ1) is 14.5. The van der Waals surface area contributed by atoms with Crippen molar-refractivity contribution in [1.29, 1.82) is 0 Å². The lowest BCUT2D eigenvalue weighted by molar-refractivity contribution is 0.615. The number of nitrogens with zero attached hydrogens (tertiary/aromatic N) is 3. The van der Waals surface area contributed by atoms with Crippen LogP contribution in [0.5, 0.6) is 0 Å². The third-order valence-electron chi connectivity index (χ3n) is 4.47. The quantitative estimate of drug-likeness (QED) is 0.600. The summed E-state index contributed by atoms with van der Waals surface area (Å²) in [6.45, 7) is 0. The predicted molar refractivity (Wildman–Crippen MR) is 92.6 cm³/mol. The smallest absolute Gasteiger partial charge is 0.271 e. The van der Waals surface area contributed by atoms with Crippen molar-refractivity contribution in [2.75, 3.05) is 0 Å². The van der Waals surface area contributed by atoms with Crippen LogP contribution in [-0.4, -0.2) is 18.7 Å². The molecule has 4 heterocycles. The summed E-state index contributed by atoms with van der Waals surface area (Å²) in [6, 6.07) is 3.34. The van der Waals surface area contributed by atoms with Gasteiger partial charge in [0.25, 0.3) is 11.1 Å². The molecule has 1 fully saturated rings. The van der Waals surface area contributed by atoms with Gasteiger partial charge in [0.2, 0.25) is 0 Å². The Morgan fingerprint density at radius 2 is 2.00 bits per heavy atom. The van der Waals surface area contributed by atoms with Crippen LogP contribution in [0, 0.1) is 5.82 Å². The molecule has 0 amide bonds. The number of fused-ring (bicyclic) bond motifs is 2. The lowest BCUT2D eigenvalue weighted by atomic mass is 10.1. The van der Waals surface area contributed by atoms with Crippen LogP contribution >= 0.6 is 11.5 Å². The van der Waals surface area contributed by atoms with Crippen molar-refractivity contribution < 1.29 is 4.39 Å². The zero-order valence-electron chi connectivity index (χ0n) is 12.8. The van der Waals surface area contributed by atoms with E-state index >= 15 is 0 Å². The molecule has 0 atom stereocenters. The summed E-state index contributed by atoms with van der Waals surface area (Å²) < 4.78 is 19.1. The Balaban J connectivity index is 1.96. The monoisotopic (exact) mass is 354 g/mol. The molecule has 0 radical (unpaired) electrons. The molecule has 4 aromatic rings. The average Bonchev–Trinajstić information content (AvgIpc) is 3.38. The summed E-state index contributed by atoms with van der Waals surface area (Å²) in [5.74, 6) is -0.374. The highest BCUT2D eigenvalue weighted by molar-refractivity contribution is 7.13. The number of rotatable bonds is 2. The van der Waals surface area contributed by atoms with Gasteiger partial charge < -0.3 is 0 Å². The second kappa shape index (κ2) is 5.06. The molecule has 6 nitrogen and oxygen atoms in total. The number of aromatic nitrogens is 4. The number of H-pyrrole nitrogens is 1. The molecule has 5 rings (SSSR count). The van der Waals surface area contributed by atoms with Gasteiger partial charge in [0.05, 0.1) is 10.9 Å². The molecular weight excluding hydrogens is 343 g/mol. The molecule has 0 unspecified atom stereocenters. The van der Waals surface area contributed by atoms with Gasteiger partial charge in [-0.25, -0.2) is 9.37 Å². The van der Waals surface area contributed by atoms with Crippen LogP contribution in [0.3, 0.4) is 0 Å². The number of hydrogen-bond acceptors (Lipinski definition) is 5. The Hall–Kier alpha value is -2.87. The molecule has 0 saturated heterocycles. The van der Waals surface area contributed by atoms with Gasteiger partial charge >= 0.3 is 0 Å². The van der Waals surface area contributed by atoms with Crippen LogP contribution in [0.1, 0.15) is 24.3 Å². The van der Waals surface area contributed by atoms with Crippen molar-refractivity contribution in [2.24, 2.45) is 0 Å². The highest BCUT2D eigenvalue weighted by atomic mass is 32.1. The maximum absolute atomic E-state index is 14.6. The molecule has 8 heteroatoms. The summed E-state index contributed by atoms with van der Waals surface area (Å²) in [6.07, 6.45) is 6.20. The molecule has 1 aliphatic carbocycles. The largest absolute Gasteiger partial charge is 0.277 e. The standard InChI is InChI=1S/C17H11FN4O2S/c18-10-7-22-15(20-13(10)9-3-5-19-6-4-9)11(8-1-2-8)14-12(17(22)24)16(23)21-25-14/h3-8H,1-2H2,(H,21,23). The summed E-state index contributed by atoms with van der Waals surface area (Å²) in [7, 11) is 0. The van der Waals surface area contributed by atoms with E-state index in [0.717, 1.165) is 40.5 Å². The zero-order valence-corrected chi connectivity index (χ0v) is 13.6. The second-order valence-corrected chi connectivity index (χ2v) is 6.91. The van der Waals surface area contributed by atoms with Crippen molar-refractivity contribution in [3.63, 3.8) is 0 Å². The third-order valence-corrected chi connectivity index (χ3v) is 5.39. The number of pyridine rings is 2. The summed E-state index contributed by atoms with van der Waals surface area (Å²) >= 11 is 1.15. The molecular formula is C17H11FN4O2S. The molecule has 0 aromatic carbocycles. The second-order valence-electron chi connectivity index (χ2n) is 6.10. The molecule has 0 aliphatic heterocycles.